The Morgan fingerprint density at radius 3 is 2.67 bits per heavy atom. The molecule has 0 bridgehead atoms. The first kappa shape index (κ1) is 12.8. The number of aliphatic hydroxyl groups excluding tert-OH is 1. The Balaban J connectivity index is 2.31. The van der Waals surface area contributed by atoms with Crippen LogP contribution in [0, 0.1) is 13.8 Å². The second kappa shape index (κ2) is 5.36. The van der Waals surface area contributed by atoms with Crippen LogP contribution < -0.4 is 0 Å². The average molecular weight is 244 g/mol. The Morgan fingerprint density at radius 2 is 2.06 bits per heavy atom. The highest BCUT2D eigenvalue weighted by atomic mass is 16.3. The summed E-state index contributed by atoms with van der Waals surface area (Å²) in [4.78, 5) is 7.68. The van der Waals surface area contributed by atoms with Gasteiger partial charge in [0, 0.05) is 5.92 Å². The van der Waals surface area contributed by atoms with Gasteiger partial charge in [0.15, 0.2) is 0 Å². The van der Waals surface area contributed by atoms with Gasteiger partial charge in [0.2, 0.25) is 0 Å². The minimum atomic E-state index is 0.102. The van der Waals surface area contributed by atoms with E-state index < -0.39 is 0 Å². The van der Waals surface area contributed by atoms with Gasteiger partial charge in [-0.25, -0.2) is 4.98 Å². The molecule has 3 heteroatoms. The highest BCUT2D eigenvalue weighted by Gasteiger charge is 2.12. The molecule has 1 aromatic carbocycles. The zero-order chi connectivity index (χ0) is 13.1. The molecule has 0 fully saturated rings. The molecule has 1 heterocycles. The lowest BCUT2D eigenvalue weighted by molar-refractivity contribution is 0.258. The van der Waals surface area contributed by atoms with E-state index in [2.05, 4.69) is 48.9 Å². The molecule has 1 aromatic heterocycles. The molecular weight excluding hydrogens is 224 g/mol. The molecule has 2 aromatic rings. The third-order valence-electron chi connectivity index (χ3n) is 3.51. The number of imidazole rings is 1. The number of nitrogens with zero attached hydrogens (tertiary/aromatic N) is 1. The Bertz CT molecular complexity index is 527. The molecule has 0 aliphatic rings. The quantitative estimate of drug-likeness (QED) is 0.867. The van der Waals surface area contributed by atoms with Crippen molar-refractivity contribution in [1.29, 1.82) is 0 Å². The SMILES string of the molecule is CCC(CO)c1ncc(-c2ccc(C)c(C)c2)[nH]1. The van der Waals surface area contributed by atoms with Gasteiger partial charge < -0.3 is 10.1 Å². The Hall–Kier alpha value is -1.61. The average Bonchev–Trinajstić information content (AvgIpc) is 2.84. The second-order valence-electron chi connectivity index (χ2n) is 4.77. The molecule has 0 radical (unpaired) electrons. The molecule has 0 spiro atoms. The number of H-pyrrole nitrogens is 1. The molecular formula is C15H20N2O. The van der Waals surface area contributed by atoms with Crippen molar-refractivity contribution in [2.24, 2.45) is 0 Å². The smallest absolute Gasteiger partial charge is 0.111 e. The van der Waals surface area contributed by atoms with Gasteiger partial charge in [-0.05, 0) is 43.0 Å². The third-order valence-corrected chi connectivity index (χ3v) is 3.51. The van der Waals surface area contributed by atoms with E-state index in [1.165, 1.54) is 11.1 Å². The van der Waals surface area contributed by atoms with Crippen LogP contribution in [0.15, 0.2) is 24.4 Å². The van der Waals surface area contributed by atoms with Gasteiger partial charge in [0.05, 0.1) is 18.5 Å². The van der Waals surface area contributed by atoms with Gasteiger partial charge in [-0.2, -0.15) is 0 Å². The lowest BCUT2D eigenvalue weighted by Crippen LogP contribution is -2.04. The molecule has 2 N–H and O–H groups in total. The first-order valence-electron chi connectivity index (χ1n) is 6.39. The van der Waals surface area contributed by atoms with Crippen LogP contribution >= 0.6 is 0 Å². The lowest BCUT2D eigenvalue weighted by atomic mass is 10.0. The Morgan fingerprint density at radius 1 is 1.28 bits per heavy atom. The topological polar surface area (TPSA) is 48.9 Å². The zero-order valence-corrected chi connectivity index (χ0v) is 11.2. The van der Waals surface area contributed by atoms with Crippen LogP contribution in [0.1, 0.15) is 36.2 Å². The molecule has 0 saturated carbocycles. The van der Waals surface area contributed by atoms with E-state index in [4.69, 9.17) is 0 Å². The predicted octanol–water partition coefficient (Wildman–Crippen LogP) is 3.18. The number of hydrogen-bond acceptors (Lipinski definition) is 2. The summed E-state index contributed by atoms with van der Waals surface area (Å²) in [6.45, 7) is 6.41. The number of aliphatic hydroxyl groups is 1. The maximum absolute atomic E-state index is 9.28. The first-order chi connectivity index (χ1) is 8.65. The van der Waals surface area contributed by atoms with Gasteiger partial charge in [-0.1, -0.05) is 19.1 Å². The number of aryl methyl sites for hydroxylation is 2. The number of rotatable bonds is 4. The van der Waals surface area contributed by atoms with Gasteiger partial charge in [-0.15, -0.1) is 0 Å². The highest BCUT2D eigenvalue weighted by Crippen LogP contribution is 2.23. The van der Waals surface area contributed by atoms with Crippen molar-refractivity contribution in [3.8, 4) is 11.3 Å². The van der Waals surface area contributed by atoms with E-state index in [1.54, 1.807) is 0 Å². The summed E-state index contributed by atoms with van der Waals surface area (Å²) in [5, 5.41) is 9.28. The van der Waals surface area contributed by atoms with Crippen LogP contribution in [0.3, 0.4) is 0 Å². The molecule has 18 heavy (non-hydrogen) atoms. The second-order valence-corrected chi connectivity index (χ2v) is 4.77. The molecule has 1 unspecified atom stereocenters. The molecule has 0 saturated heterocycles. The molecule has 1 atom stereocenters. The summed E-state index contributed by atoms with van der Waals surface area (Å²) in [5.41, 5.74) is 4.72. The van der Waals surface area contributed by atoms with E-state index in [9.17, 15) is 5.11 Å². The van der Waals surface area contributed by atoms with Crippen LogP contribution in [-0.4, -0.2) is 21.7 Å². The van der Waals surface area contributed by atoms with Crippen molar-refractivity contribution in [3.63, 3.8) is 0 Å². The summed E-state index contributed by atoms with van der Waals surface area (Å²) in [6, 6.07) is 6.38. The summed E-state index contributed by atoms with van der Waals surface area (Å²) in [7, 11) is 0. The predicted molar refractivity (Wildman–Crippen MR) is 73.6 cm³/mol. The highest BCUT2D eigenvalue weighted by molar-refractivity contribution is 5.60. The number of nitrogens with one attached hydrogen (secondary N) is 1. The summed E-state index contributed by atoms with van der Waals surface area (Å²) in [6.07, 6.45) is 2.73. The molecule has 0 aliphatic heterocycles. The molecule has 96 valence electrons. The van der Waals surface area contributed by atoms with Crippen LogP contribution in [0.2, 0.25) is 0 Å². The minimum Gasteiger partial charge on any atom is -0.396 e. The van der Waals surface area contributed by atoms with Crippen LogP contribution in [0.25, 0.3) is 11.3 Å². The summed E-state index contributed by atoms with van der Waals surface area (Å²) < 4.78 is 0. The van der Waals surface area contributed by atoms with Crippen molar-refractivity contribution in [3.05, 3.63) is 41.3 Å². The van der Waals surface area contributed by atoms with E-state index in [0.29, 0.717) is 0 Å². The van der Waals surface area contributed by atoms with Gasteiger partial charge >= 0.3 is 0 Å². The fourth-order valence-corrected chi connectivity index (χ4v) is 2.01. The fourth-order valence-electron chi connectivity index (χ4n) is 2.01. The summed E-state index contributed by atoms with van der Waals surface area (Å²) in [5.74, 6) is 0.971. The molecule has 3 nitrogen and oxygen atoms in total. The van der Waals surface area contributed by atoms with Crippen LogP contribution in [0.4, 0.5) is 0 Å². The normalized spacial score (nSPS) is 12.7. The van der Waals surface area contributed by atoms with Crippen molar-refractivity contribution in [2.75, 3.05) is 6.61 Å². The van der Waals surface area contributed by atoms with Gasteiger partial charge in [-0.3, -0.25) is 0 Å². The minimum absolute atomic E-state index is 0.102. The zero-order valence-electron chi connectivity index (χ0n) is 11.2. The number of aromatic amines is 1. The third kappa shape index (κ3) is 2.46. The van der Waals surface area contributed by atoms with Gasteiger partial charge in [0.25, 0.3) is 0 Å². The molecule has 2 rings (SSSR count). The maximum atomic E-state index is 9.28. The van der Waals surface area contributed by atoms with Gasteiger partial charge in [0.1, 0.15) is 5.82 Å². The lowest BCUT2D eigenvalue weighted by Gasteiger charge is -2.07. The van der Waals surface area contributed by atoms with Crippen LogP contribution in [-0.2, 0) is 0 Å². The Labute approximate surface area is 108 Å². The van der Waals surface area contributed by atoms with E-state index >= 15 is 0 Å². The Kier molecular flexibility index (Phi) is 3.82. The molecule has 0 aliphatic carbocycles. The van der Waals surface area contributed by atoms with Crippen molar-refractivity contribution >= 4 is 0 Å². The van der Waals surface area contributed by atoms with Crippen molar-refractivity contribution < 1.29 is 5.11 Å². The van der Waals surface area contributed by atoms with Crippen LogP contribution in [0.5, 0.6) is 0 Å². The fraction of sp³-hybridized carbons (Fsp3) is 0.400. The maximum Gasteiger partial charge on any atom is 0.111 e. The number of hydrogen-bond donors (Lipinski definition) is 2. The monoisotopic (exact) mass is 244 g/mol. The van der Waals surface area contributed by atoms with Crippen molar-refractivity contribution in [2.45, 2.75) is 33.1 Å². The summed E-state index contributed by atoms with van der Waals surface area (Å²) >= 11 is 0. The van der Waals surface area contributed by atoms with Crippen molar-refractivity contribution in [1.82, 2.24) is 9.97 Å². The largest absolute Gasteiger partial charge is 0.396 e. The number of benzene rings is 1. The van der Waals surface area contributed by atoms with E-state index in [0.717, 1.165) is 23.5 Å². The molecule has 0 amide bonds. The van der Waals surface area contributed by atoms with E-state index in [-0.39, 0.29) is 12.5 Å². The standard InChI is InChI=1S/C15H20N2O/c1-4-12(9-18)15-16-8-14(17-15)13-6-5-10(2)11(3)7-13/h5-8,12,18H,4,9H2,1-3H3,(H,16,17). The first-order valence-corrected chi connectivity index (χ1v) is 6.39. The van der Waals surface area contributed by atoms with E-state index in [1.807, 2.05) is 6.20 Å². The number of aromatic nitrogens is 2.